The molecule has 4 rings (SSSR count). The molecule has 0 saturated carbocycles. The number of aromatic nitrogens is 1. The summed E-state index contributed by atoms with van der Waals surface area (Å²) in [6.07, 6.45) is 5.30. The molecular formula is C26H34N4O2. The van der Waals surface area contributed by atoms with Crippen LogP contribution in [-0.2, 0) is 22.4 Å². The Bertz CT molecular complexity index is 908. The van der Waals surface area contributed by atoms with Gasteiger partial charge >= 0.3 is 0 Å². The number of hydrogen-bond donors (Lipinski definition) is 1. The Labute approximate surface area is 191 Å². The summed E-state index contributed by atoms with van der Waals surface area (Å²) in [4.78, 5) is 34.6. The van der Waals surface area contributed by atoms with Crippen LogP contribution in [0.5, 0.6) is 0 Å². The first-order valence-electron chi connectivity index (χ1n) is 11.8. The molecule has 2 aromatic rings. The molecule has 2 aliphatic heterocycles. The number of rotatable bonds is 7. The van der Waals surface area contributed by atoms with E-state index in [-0.39, 0.29) is 23.5 Å². The molecule has 0 bridgehead atoms. The molecule has 2 fully saturated rings. The van der Waals surface area contributed by atoms with Gasteiger partial charge in [0.2, 0.25) is 11.8 Å². The van der Waals surface area contributed by atoms with E-state index in [2.05, 4.69) is 36.3 Å². The van der Waals surface area contributed by atoms with Crippen LogP contribution in [0.4, 0.5) is 0 Å². The topological polar surface area (TPSA) is 65.5 Å². The number of pyridine rings is 1. The minimum atomic E-state index is -0.389. The van der Waals surface area contributed by atoms with Crippen molar-refractivity contribution in [2.45, 2.75) is 57.7 Å². The van der Waals surface area contributed by atoms with Crippen LogP contribution in [0.1, 0.15) is 44.4 Å². The number of amides is 2. The third-order valence-corrected chi connectivity index (χ3v) is 6.65. The Morgan fingerprint density at radius 3 is 2.50 bits per heavy atom. The smallest absolute Gasteiger partial charge is 0.241 e. The van der Waals surface area contributed by atoms with Gasteiger partial charge in [0.05, 0.1) is 11.7 Å². The maximum Gasteiger partial charge on any atom is 0.241 e. The third kappa shape index (κ3) is 5.01. The summed E-state index contributed by atoms with van der Waals surface area (Å²) in [5.41, 5.74) is 1.76. The van der Waals surface area contributed by atoms with Crippen LogP contribution in [0.3, 0.4) is 0 Å². The van der Waals surface area contributed by atoms with Crippen molar-refractivity contribution in [1.82, 2.24) is 20.1 Å². The van der Waals surface area contributed by atoms with Crippen molar-refractivity contribution >= 4 is 11.8 Å². The predicted octanol–water partition coefficient (Wildman–Crippen LogP) is 3.03. The maximum absolute atomic E-state index is 13.5. The second kappa shape index (κ2) is 9.82. The lowest BCUT2D eigenvalue weighted by atomic mass is 9.94. The fraction of sp³-hybridized carbons (Fsp3) is 0.500. The molecule has 2 amide bonds. The van der Waals surface area contributed by atoms with Crippen LogP contribution in [-0.4, -0.2) is 57.9 Å². The molecule has 170 valence electrons. The van der Waals surface area contributed by atoms with Crippen LogP contribution in [0.2, 0.25) is 0 Å². The molecule has 2 saturated heterocycles. The summed E-state index contributed by atoms with van der Waals surface area (Å²) in [5, 5.41) is 3.71. The Hall–Kier alpha value is -2.73. The van der Waals surface area contributed by atoms with Gasteiger partial charge in [-0.25, -0.2) is 0 Å². The number of likely N-dealkylation sites (tertiary alicyclic amines) is 1. The molecule has 1 aromatic heterocycles. The molecule has 0 aliphatic carbocycles. The molecule has 1 N–H and O–H groups in total. The number of hydrogen-bond acceptors (Lipinski definition) is 4. The van der Waals surface area contributed by atoms with Crippen LogP contribution in [0.15, 0.2) is 54.7 Å². The van der Waals surface area contributed by atoms with Gasteiger partial charge in [-0.2, -0.15) is 0 Å². The van der Waals surface area contributed by atoms with Crippen LogP contribution >= 0.6 is 0 Å². The summed E-state index contributed by atoms with van der Waals surface area (Å²) in [6, 6.07) is 15.8. The van der Waals surface area contributed by atoms with E-state index in [0.717, 1.165) is 30.5 Å². The van der Waals surface area contributed by atoms with Crippen LogP contribution < -0.4 is 5.32 Å². The Morgan fingerprint density at radius 2 is 1.84 bits per heavy atom. The zero-order valence-corrected chi connectivity index (χ0v) is 19.2. The Morgan fingerprint density at radius 1 is 1.12 bits per heavy atom. The van der Waals surface area contributed by atoms with Gasteiger partial charge < -0.3 is 9.80 Å². The van der Waals surface area contributed by atoms with E-state index in [0.29, 0.717) is 38.4 Å². The number of nitrogens with one attached hydrogen (secondary N) is 1. The fourth-order valence-electron chi connectivity index (χ4n) is 4.97. The summed E-state index contributed by atoms with van der Waals surface area (Å²) in [5.74, 6) is 0.737. The van der Waals surface area contributed by atoms with Crippen molar-refractivity contribution in [3.63, 3.8) is 0 Å². The van der Waals surface area contributed by atoms with E-state index >= 15 is 0 Å². The van der Waals surface area contributed by atoms with Crippen molar-refractivity contribution < 1.29 is 9.59 Å². The van der Waals surface area contributed by atoms with Crippen LogP contribution in [0, 0.1) is 5.92 Å². The van der Waals surface area contributed by atoms with Gasteiger partial charge in [0.1, 0.15) is 0 Å². The largest absolute Gasteiger partial charge is 0.342 e. The molecular weight excluding hydrogens is 400 g/mol. The SMILES string of the molecule is CC(C)CC(=O)N1CCC2(CC1)N[C@H](Cc1ccccc1)C(=O)N2CCc1ccccn1. The summed E-state index contributed by atoms with van der Waals surface area (Å²) >= 11 is 0. The molecule has 6 nitrogen and oxygen atoms in total. The molecule has 32 heavy (non-hydrogen) atoms. The van der Waals surface area contributed by atoms with E-state index < -0.39 is 0 Å². The van der Waals surface area contributed by atoms with E-state index in [1.54, 1.807) is 6.20 Å². The summed E-state index contributed by atoms with van der Waals surface area (Å²) in [6.45, 7) is 6.16. The highest BCUT2D eigenvalue weighted by Crippen LogP contribution is 2.34. The average Bonchev–Trinajstić information content (AvgIpc) is 3.04. The van der Waals surface area contributed by atoms with Gasteiger partial charge in [0, 0.05) is 57.2 Å². The first-order valence-corrected chi connectivity index (χ1v) is 11.8. The highest BCUT2D eigenvalue weighted by molar-refractivity contribution is 5.85. The van der Waals surface area contributed by atoms with Gasteiger partial charge in [0.15, 0.2) is 0 Å². The van der Waals surface area contributed by atoms with Gasteiger partial charge in [0.25, 0.3) is 0 Å². The maximum atomic E-state index is 13.5. The first kappa shape index (κ1) is 22.5. The minimum absolute atomic E-state index is 0.159. The average molecular weight is 435 g/mol. The highest BCUT2D eigenvalue weighted by Gasteiger charge is 2.51. The van der Waals surface area contributed by atoms with Crippen molar-refractivity contribution in [2.75, 3.05) is 19.6 Å². The zero-order valence-electron chi connectivity index (χ0n) is 19.2. The van der Waals surface area contributed by atoms with Crippen LogP contribution in [0.25, 0.3) is 0 Å². The van der Waals surface area contributed by atoms with Gasteiger partial charge in [-0.3, -0.25) is 19.9 Å². The van der Waals surface area contributed by atoms with Gasteiger partial charge in [-0.05, 0) is 30.0 Å². The standard InChI is InChI=1S/C26H34N4O2/c1-20(2)18-24(31)29-16-12-26(13-17-29)28-23(19-21-8-4-3-5-9-21)25(32)30(26)15-11-22-10-6-7-14-27-22/h3-10,14,20,23,28H,11-13,15-19H2,1-2H3/t23-/m1/s1. The van der Waals surface area contributed by atoms with E-state index in [1.165, 1.54) is 0 Å². The lowest BCUT2D eigenvalue weighted by molar-refractivity contribution is -0.137. The predicted molar refractivity (Wildman–Crippen MR) is 125 cm³/mol. The third-order valence-electron chi connectivity index (χ3n) is 6.65. The first-order chi connectivity index (χ1) is 15.5. The van der Waals surface area contributed by atoms with Gasteiger partial charge in [-0.15, -0.1) is 0 Å². The van der Waals surface area contributed by atoms with E-state index in [9.17, 15) is 9.59 Å². The molecule has 2 aliphatic rings. The molecule has 6 heteroatoms. The number of piperidine rings is 1. The molecule has 0 radical (unpaired) electrons. The zero-order chi connectivity index (χ0) is 22.6. The number of nitrogens with zero attached hydrogens (tertiary/aromatic N) is 3. The second-order valence-corrected chi connectivity index (χ2v) is 9.46. The molecule has 1 spiro atoms. The monoisotopic (exact) mass is 434 g/mol. The fourth-order valence-corrected chi connectivity index (χ4v) is 4.97. The van der Waals surface area contributed by atoms with Crippen molar-refractivity contribution in [3.05, 3.63) is 66.0 Å². The van der Waals surface area contributed by atoms with Gasteiger partial charge in [-0.1, -0.05) is 50.2 Å². The summed E-state index contributed by atoms with van der Waals surface area (Å²) < 4.78 is 0. The molecule has 1 aromatic carbocycles. The molecule has 1 atom stereocenters. The van der Waals surface area contributed by atoms with Crippen molar-refractivity contribution in [2.24, 2.45) is 5.92 Å². The van der Waals surface area contributed by atoms with Crippen molar-refractivity contribution in [1.29, 1.82) is 0 Å². The Kier molecular flexibility index (Phi) is 6.89. The van der Waals surface area contributed by atoms with E-state index in [1.807, 2.05) is 46.2 Å². The van der Waals surface area contributed by atoms with Crippen molar-refractivity contribution in [3.8, 4) is 0 Å². The number of benzene rings is 1. The lowest BCUT2D eigenvalue weighted by Gasteiger charge is -2.45. The lowest BCUT2D eigenvalue weighted by Crippen LogP contribution is -2.60. The number of carbonyl (C=O) groups is 2. The molecule has 3 heterocycles. The quantitative estimate of drug-likeness (QED) is 0.728. The minimum Gasteiger partial charge on any atom is -0.342 e. The Balaban J connectivity index is 1.49. The second-order valence-electron chi connectivity index (χ2n) is 9.46. The number of carbonyl (C=O) groups excluding carboxylic acids is 2. The summed E-state index contributed by atoms with van der Waals surface area (Å²) in [7, 11) is 0. The molecule has 0 unspecified atom stereocenters. The normalized spacial score (nSPS) is 20.3. The highest BCUT2D eigenvalue weighted by atomic mass is 16.2. The van der Waals surface area contributed by atoms with E-state index in [4.69, 9.17) is 0 Å².